The van der Waals surface area contributed by atoms with E-state index in [1.165, 1.54) is 6.08 Å². The number of fused-ring (bicyclic) bond motifs is 1. The molecule has 0 radical (unpaired) electrons. The van der Waals surface area contributed by atoms with Crippen molar-refractivity contribution >= 4 is 17.7 Å². The predicted octanol–water partition coefficient (Wildman–Crippen LogP) is 3.13. The SMILES string of the molecule is COc1ccc(OC)c(NC(=O)C=Cc2ccc3c(c2)OCCO3)c1. The smallest absolute Gasteiger partial charge is 0.248 e. The summed E-state index contributed by atoms with van der Waals surface area (Å²) >= 11 is 0. The highest BCUT2D eigenvalue weighted by Gasteiger charge is 2.11. The highest BCUT2D eigenvalue weighted by Crippen LogP contribution is 2.31. The number of anilines is 1. The van der Waals surface area contributed by atoms with E-state index in [2.05, 4.69) is 5.32 Å². The van der Waals surface area contributed by atoms with Gasteiger partial charge in [-0.1, -0.05) is 6.07 Å². The standard InChI is InChI=1S/C19H19NO5/c1-22-14-5-7-16(23-2)15(12-14)20-19(21)8-4-13-3-6-17-18(11-13)25-10-9-24-17/h3-8,11-12H,9-10H2,1-2H3,(H,20,21). The average Bonchev–Trinajstić information content (AvgIpc) is 2.66. The molecule has 1 N–H and O–H groups in total. The number of ether oxygens (including phenoxy) is 4. The number of carbonyl (C=O) groups is 1. The Labute approximate surface area is 146 Å². The van der Waals surface area contributed by atoms with Crippen LogP contribution in [-0.2, 0) is 4.79 Å². The van der Waals surface area contributed by atoms with Crippen molar-refractivity contribution in [3.8, 4) is 23.0 Å². The lowest BCUT2D eigenvalue weighted by Crippen LogP contribution is -2.15. The molecule has 0 aliphatic carbocycles. The van der Waals surface area contributed by atoms with Crippen LogP contribution in [0.5, 0.6) is 23.0 Å². The van der Waals surface area contributed by atoms with Crippen molar-refractivity contribution in [1.29, 1.82) is 0 Å². The van der Waals surface area contributed by atoms with E-state index in [1.807, 2.05) is 18.2 Å². The Balaban J connectivity index is 1.71. The highest BCUT2D eigenvalue weighted by atomic mass is 16.6. The summed E-state index contributed by atoms with van der Waals surface area (Å²) in [5.74, 6) is 2.31. The van der Waals surface area contributed by atoms with Gasteiger partial charge >= 0.3 is 0 Å². The zero-order valence-corrected chi connectivity index (χ0v) is 14.1. The third kappa shape index (κ3) is 4.03. The largest absolute Gasteiger partial charge is 0.497 e. The minimum absolute atomic E-state index is 0.276. The van der Waals surface area contributed by atoms with Crippen LogP contribution in [0.1, 0.15) is 5.56 Å². The second-order valence-corrected chi connectivity index (χ2v) is 5.29. The third-order valence-corrected chi connectivity index (χ3v) is 3.66. The molecule has 0 saturated carbocycles. The van der Waals surface area contributed by atoms with E-state index < -0.39 is 0 Å². The number of benzene rings is 2. The summed E-state index contributed by atoms with van der Waals surface area (Å²) in [6.07, 6.45) is 3.16. The lowest BCUT2D eigenvalue weighted by molar-refractivity contribution is -0.111. The minimum Gasteiger partial charge on any atom is -0.497 e. The zero-order chi connectivity index (χ0) is 17.6. The highest BCUT2D eigenvalue weighted by molar-refractivity contribution is 6.02. The van der Waals surface area contributed by atoms with E-state index in [9.17, 15) is 4.79 Å². The lowest BCUT2D eigenvalue weighted by Gasteiger charge is -2.18. The molecule has 6 heteroatoms. The molecule has 0 unspecified atom stereocenters. The van der Waals surface area contributed by atoms with Gasteiger partial charge in [0, 0.05) is 12.1 Å². The van der Waals surface area contributed by atoms with E-state index in [1.54, 1.807) is 38.5 Å². The summed E-state index contributed by atoms with van der Waals surface area (Å²) in [6, 6.07) is 10.7. The van der Waals surface area contributed by atoms with Crippen LogP contribution in [0.4, 0.5) is 5.69 Å². The summed E-state index contributed by atoms with van der Waals surface area (Å²) in [4.78, 5) is 12.2. The summed E-state index contributed by atoms with van der Waals surface area (Å²) in [6.45, 7) is 1.07. The van der Waals surface area contributed by atoms with Crippen molar-refractivity contribution in [3.05, 3.63) is 48.0 Å². The Morgan fingerprint density at radius 1 is 1.04 bits per heavy atom. The van der Waals surface area contributed by atoms with Gasteiger partial charge in [0.1, 0.15) is 24.7 Å². The molecule has 0 saturated heterocycles. The Bertz CT molecular complexity index is 800. The zero-order valence-electron chi connectivity index (χ0n) is 14.1. The Morgan fingerprint density at radius 3 is 2.60 bits per heavy atom. The van der Waals surface area contributed by atoms with Gasteiger partial charge < -0.3 is 24.3 Å². The van der Waals surface area contributed by atoms with Gasteiger partial charge in [0.15, 0.2) is 11.5 Å². The quantitative estimate of drug-likeness (QED) is 0.847. The number of hydrogen-bond acceptors (Lipinski definition) is 5. The number of rotatable bonds is 5. The van der Waals surface area contributed by atoms with E-state index in [0.717, 1.165) is 5.56 Å². The van der Waals surface area contributed by atoms with Crippen molar-refractivity contribution in [2.24, 2.45) is 0 Å². The summed E-state index contributed by atoms with van der Waals surface area (Å²) < 4.78 is 21.4. The van der Waals surface area contributed by atoms with Crippen molar-refractivity contribution < 1.29 is 23.7 Å². The van der Waals surface area contributed by atoms with E-state index in [0.29, 0.717) is 41.9 Å². The van der Waals surface area contributed by atoms with Crippen molar-refractivity contribution in [2.45, 2.75) is 0 Å². The topological polar surface area (TPSA) is 66.0 Å². The third-order valence-electron chi connectivity index (χ3n) is 3.66. The second kappa shape index (κ2) is 7.61. The van der Waals surface area contributed by atoms with Crippen molar-refractivity contribution in [1.82, 2.24) is 0 Å². The molecule has 0 atom stereocenters. The van der Waals surface area contributed by atoms with Gasteiger partial charge in [0.2, 0.25) is 5.91 Å². The molecule has 2 aromatic rings. The fourth-order valence-electron chi connectivity index (χ4n) is 2.42. The van der Waals surface area contributed by atoms with Crippen molar-refractivity contribution in [3.63, 3.8) is 0 Å². The molecule has 6 nitrogen and oxygen atoms in total. The van der Waals surface area contributed by atoms with Crippen LogP contribution < -0.4 is 24.3 Å². The molecule has 3 rings (SSSR count). The summed E-state index contributed by atoms with van der Waals surface area (Å²) in [5, 5.41) is 2.78. The fraction of sp³-hybridized carbons (Fsp3) is 0.211. The van der Waals surface area contributed by atoms with Crippen LogP contribution in [0, 0.1) is 0 Å². The Kier molecular flexibility index (Phi) is 5.09. The minimum atomic E-state index is -0.276. The molecule has 1 amide bonds. The van der Waals surface area contributed by atoms with Crippen LogP contribution >= 0.6 is 0 Å². The first kappa shape index (κ1) is 16.7. The van der Waals surface area contributed by atoms with Crippen LogP contribution in [0.3, 0.4) is 0 Å². The number of amides is 1. The molecule has 1 aliphatic heterocycles. The van der Waals surface area contributed by atoms with E-state index in [4.69, 9.17) is 18.9 Å². The van der Waals surface area contributed by atoms with Crippen LogP contribution in [0.25, 0.3) is 6.08 Å². The molecule has 0 aromatic heterocycles. The maximum absolute atomic E-state index is 12.2. The molecule has 1 heterocycles. The van der Waals surface area contributed by atoms with Gasteiger partial charge in [-0.15, -0.1) is 0 Å². The molecule has 25 heavy (non-hydrogen) atoms. The van der Waals surface area contributed by atoms with Crippen LogP contribution in [0.15, 0.2) is 42.5 Å². The first-order chi connectivity index (χ1) is 12.2. The normalized spacial score (nSPS) is 12.7. The first-order valence-corrected chi connectivity index (χ1v) is 7.80. The molecule has 1 aliphatic rings. The van der Waals surface area contributed by atoms with Gasteiger partial charge in [-0.25, -0.2) is 0 Å². The van der Waals surface area contributed by atoms with E-state index >= 15 is 0 Å². The fourth-order valence-corrected chi connectivity index (χ4v) is 2.42. The number of carbonyl (C=O) groups excluding carboxylic acids is 1. The average molecular weight is 341 g/mol. The lowest BCUT2D eigenvalue weighted by atomic mass is 10.2. The number of methoxy groups -OCH3 is 2. The maximum Gasteiger partial charge on any atom is 0.248 e. The molecular formula is C19H19NO5. The van der Waals surface area contributed by atoms with Gasteiger partial charge in [0.05, 0.1) is 19.9 Å². The monoisotopic (exact) mass is 341 g/mol. The molecule has 0 fully saturated rings. The molecular weight excluding hydrogens is 322 g/mol. The molecule has 0 bridgehead atoms. The van der Waals surface area contributed by atoms with Gasteiger partial charge in [-0.3, -0.25) is 4.79 Å². The second-order valence-electron chi connectivity index (χ2n) is 5.29. The maximum atomic E-state index is 12.2. The number of hydrogen-bond donors (Lipinski definition) is 1. The van der Waals surface area contributed by atoms with Gasteiger partial charge in [-0.05, 0) is 35.9 Å². The predicted molar refractivity (Wildman–Crippen MR) is 94.6 cm³/mol. The molecule has 2 aromatic carbocycles. The van der Waals surface area contributed by atoms with Crippen LogP contribution in [0.2, 0.25) is 0 Å². The molecule has 130 valence electrons. The number of nitrogens with one attached hydrogen (secondary N) is 1. The summed E-state index contributed by atoms with van der Waals surface area (Å²) in [5.41, 5.74) is 1.38. The van der Waals surface area contributed by atoms with Crippen molar-refractivity contribution in [2.75, 3.05) is 32.8 Å². The summed E-state index contributed by atoms with van der Waals surface area (Å²) in [7, 11) is 3.11. The van der Waals surface area contributed by atoms with Crippen LogP contribution in [-0.4, -0.2) is 33.3 Å². The Morgan fingerprint density at radius 2 is 1.84 bits per heavy atom. The molecule has 0 spiro atoms. The first-order valence-electron chi connectivity index (χ1n) is 7.80. The van der Waals surface area contributed by atoms with Gasteiger partial charge in [0.25, 0.3) is 0 Å². The van der Waals surface area contributed by atoms with E-state index in [-0.39, 0.29) is 5.91 Å². The van der Waals surface area contributed by atoms with Gasteiger partial charge in [-0.2, -0.15) is 0 Å². The Hall–Kier alpha value is -3.15.